The number of hydrogen-bond donors (Lipinski definition) is 1. The van der Waals surface area contributed by atoms with Crippen LogP contribution in [0.3, 0.4) is 0 Å². The Balaban J connectivity index is 2.63. The SMILES string of the molecule is Cc1cc(-c2cc(C)c(N)c(C)c2)cc(C)c1[NH]. The van der Waals surface area contributed by atoms with Gasteiger partial charge < -0.3 is 11.5 Å². The standard InChI is InChI=1S/C16H19N2/c1-9-5-13(6-10(2)15(9)17)14-7-11(3)16(18)12(4)8-14/h5-8,17H,18H2,1-4H3. The maximum atomic E-state index is 7.90. The van der Waals surface area contributed by atoms with Crippen molar-refractivity contribution in [2.24, 2.45) is 0 Å². The molecule has 0 saturated carbocycles. The van der Waals surface area contributed by atoms with E-state index >= 15 is 0 Å². The molecule has 2 aromatic rings. The first-order chi connectivity index (χ1) is 8.40. The minimum absolute atomic E-state index is 0.627. The Hall–Kier alpha value is -1.96. The van der Waals surface area contributed by atoms with Gasteiger partial charge in [0.2, 0.25) is 0 Å². The van der Waals surface area contributed by atoms with Gasteiger partial charge in [-0.1, -0.05) is 0 Å². The van der Waals surface area contributed by atoms with Gasteiger partial charge in [-0.3, -0.25) is 0 Å². The molecule has 18 heavy (non-hydrogen) atoms. The lowest BCUT2D eigenvalue weighted by Crippen LogP contribution is -1.95. The van der Waals surface area contributed by atoms with E-state index in [0.717, 1.165) is 33.5 Å². The zero-order valence-electron chi connectivity index (χ0n) is 11.4. The van der Waals surface area contributed by atoms with Crippen molar-refractivity contribution in [2.75, 3.05) is 5.73 Å². The Morgan fingerprint density at radius 3 is 1.44 bits per heavy atom. The predicted octanol–water partition coefficient (Wildman–Crippen LogP) is 4.08. The fourth-order valence-electron chi connectivity index (χ4n) is 2.27. The normalized spacial score (nSPS) is 10.7. The van der Waals surface area contributed by atoms with E-state index in [1.54, 1.807) is 0 Å². The molecule has 0 bridgehead atoms. The number of nitrogen functional groups attached to an aromatic ring is 1. The van der Waals surface area contributed by atoms with Crippen LogP contribution in [0.1, 0.15) is 22.3 Å². The molecule has 2 aromatic carbocycles. The molecule has 1 radical (unpaired) electrons. The third-order valence-electron chi connectivity index (χ3n) is 3.46. The van der Waals surface area contributed by atoms with Gasteiger partial charge in [-0.15, -0.1) is 0 Å². The van der Waals surface area contributed by atoms with Crippen molar-refractivity contribution in [3.63, 3.8) is 0 Å². The first-order valence-electron chi connectivity index (χ1n) is 6.10. The highest BCUT2D eigenvalue weighted by Gasteiger charge is 2.07. The lowest BCUT2D eigenvalue weighted by molar-refractivity contribution is 1.30. The summed E-state index contributed by atoms with van der Waals surface area (Å²) >= 11 is 0. The second-order valence-corrected chi connectivity index (χ2v) is 5.01. The Morgan fingerprint density at radius 1 is 0.722 bits per heavy atom. The van der Waals surface area contributed by atoms with Crippen LogP contribution in [0.2, 0.25) is 0 Å². The van der Waals surface area contributed by atoms with Gasteiger partial charge in [-0.25, -0.2) is 0 Å². The number of nitrogens with two attached hydrogens (primary N) is 1. The monoisotopic (exact) mass is 239 g/mol. The Bertz CT molecular complexity index is 511. The van der Waals surface area contributed by atoms with E-state index in [9.17, 15) is 0 Å². The zero-order chi connectivity index (χ0) is 13.4. The van der Waals surface area contributed by atoms with Crippen LogP contribution in [-0.4, -0.2) is 0 Å². The minimum Gasteiger partial charge on any atom is -0.398 e. The highest BCUT2D eigenvalue weighted by atomic mass is 14.6. The quantitative estimate of drug-likeness (QED) is 0.749. The van der Waals surface area contributed by atoms with E-state index in [-0.39, 0.29) is 0 Å². The van der Waals surface area contributed by atoms with Crippen molar-refractivity contribution in [3.8, 4) is 11.1 Å². The first-order valence-corrected chi connectivity index (χ1v) is 6.10. The van der Waals surface area contributed by atoms with Gasteiger partial charge in [0, 0.05) is 5.69 Å². The molecule has 2 rings (SSSR count). The van der Waals surface area contributed by atoms with Crippen LogP contribution >= 0.6 is 0 Å². The van der Waals surface area contributed by atoms with Crippen molar-refractivity contribution in [3.05, 3.63) is 46.5 Å². The summed E-state index contributed by atoms with van der Waals surface area (Å²) in [4.78, 5) is 0. The molecule has 0 amide bonds. The van der Waals surface area contributed by atoms with Crippen molar-refractivity contribution in [1.29, 1.82) is 0 Å². The molecular formula is C16H19N2. The van der Waals surface area contributed by atoms with E-state index in [1.165, 1.54) is 5.56 Å². The van der Waals surface area contributed by atoms with Crippen molar-refractivity contribution in [2.45, 2.75) is 27.7 Å². The number of aryl methyl sites for hydroxylation is 4. The summed E-state index contributed by atoms with van der Waals surface area (Å²) in [6.07, 6.45) is 0. The third kappa shape index (κ3) is 2.06. The number of benzene rings is 2. The van der Waals surface area contributed by atoms with E-state index in [2.05, 4.69) is 24.3 Å². The average molecular weight is 239 g/mol. The summed E-state index contributed by atoms with van der Waals surface area (Å²) in [6.45, 7) is 8.03. The van der Waals surface area contributed by atoms with E-state index in [1.807, 2.05) is 27.7 Å². The lowest BCUT2D eigenvalue weighted by atomic mass is 9.95. The van der Waals surface area contributed by atoms with Crippen molar-refractivity contribution >= 4 is 11.4 Å². The Kier molecular flexibility index (Phi) is 3.04. The van der Waals surface area contributed by atoms with E-state index in [4.69, 9.17) is 11.5 Å². The van der Waals surface area contributed by atoms with Crippen LogP contribution in [0.5, 0.6) is 0 Å². The Labute approximate surface area is 109 Å². The topological polar surface area (TPSA) is 49.8 Å². The van der Waals surface area contributed by atoms with Crippen LogP contribution in [0.15, 0.2) is 24.3 Å². The molecular weight excluding hydrogens is 220 g/mol. The molecule has 0 aliphatic heterocycles. The molecule has 0 aliphatic carbocycles. The van der Waals surface area contributed by atoms with Gasteiger partial charge in [-0.2, -0.15) is 0 Å². The van der Waals surface area contributed by atoms with Gasteiger partial charge in [-0.05, 0) is 85.3 Å². The smallest absolute Gasteiger partial charge is 0.0598 e. The molecule has 0 spiro atoms. The summed E-state index contributed by atoms with van der Waals surface area (Å²) < 4.78 is 0. The maximum Gasteiger partial charge on any atom is 0.0598 e. The number of rotatable bonds is 1. The van der Waals surface area contributed by atoms with Crippen molar-refractivity contribution < 1.29 is 0 Å². The van der Waals surface area contributed by atoms with E-state index in [0.29, 0.717) is 5.69 Å². The average Bonchev–Trinajstić information content (AvgIpc) is 2.31. The van der Waals surface area contributed by atoms with Gasteiger partial charge in [0.15, 0.2) is 0 Å². The van der Waals surface area contributed by atoms with Crippen molar-refractivity contribution in [1.82, 2.24) is 5.73 Å². The van der Waals surface area contributed by atoms with Gasteiger partial charge in [0.25, 0.3) is 0 Å². The molecule has 0 aliphatic rings. The number of anilines is 1. The summed E-state index contributed by atoms with van der Waals surface area (Å²) in [5, 5.41) is 0. The summed E-state index contributed by atoms with van der Waals surface area (Å²) in [6, 6.07) is 8.36. The van der Waals surface area contributed by atoms with Gasteiger partial charge >= 0.3 is 0 Å². The van der Waals surface area contributed by atoms with Gasteiger partial charge in [0.05, 0.1) is 5.69 Å². The van der Waals surface area contributed by atoms with Gasteiger partial charge in [0.1, 0.15) is 0 Å². The Morgan fingerprint density at radius 2 is 1.06 bits per heavy atom. The highest BCUT2D eigenvalue weighted by molar-refractivity contribution is 5.73. The number of hydrogen-bond acceptors (Lipinski definition) is 1. The summed E-state index contributed by atoms with van der Waals surface area (Å²) in [5.74, 6) is 0. The van der Waals surface area contributed by atoms with E-state index < -0.39 is 0 Å². The molecule has 0 heterocycles. The molecule has 0 fully saturated rings. The maximum absolute atomic E-state index is 7.90. The molecule has 0 saturated heterocycles. The second-order valence-electron chi connectivity index (χ2n) is 5.01. The molecule has 2 nitrogen and oxygen atoms in total. The minimum atomic E-state index is 0.627. The summed E-state index contributed by atoms with van der Waals surface area (Å²) in [5.41, 5.74) is 21.9. The predicted molar refractivity (Wildman–Crippen MR) is 78.0 cm³/mol. The van der Waals surface area contributed by atoms with Crippen LogP contribution in [0.25, 0.3) is 11.1 Å². The molecule has 0 unspecified atom stereocenters. The molecule has 93 valence electrons. The fourth-order valence-corrected chi connectivity index (χ4v) is 2.27. The molecule has 3 N–H and O–H groups in total. The molecule has 0 atom stereocenters. The summed E-state index contributed by atoms with van der Waals surface area (Å²) in [7, 11) is 0. The van der Waals surface area contributed by atoms with Crippen LogP contribution < -0.4 is 11.5 Å². The first kappa shape index (κ1) is 12.5. The lowest BCUT2D eigenvalue weighted by Gasteiger charge is -2.12. The second kappa shape index (κ2) is 4.37. The fraction of sp³-hybridized carbons (Fsp3) is 0.250. The number of nitrogens with one attached hydrogen (secondary N) is 1. The molecule has 2 heteroatoms. The third-order valence-corrected chi connectivity index (χ3v) is 3.46. The van der Waals surface area contributed by atoms with Crippen LogP contribution in [0.4, 0.5) is 11.4 Å². The van der Waals surface area contributed by atoms with Crippen LogP contribution in [-0.2, 0) is 0 Å². The highest BCUT2D eigenvalue weighted by Crippen LogP contribution is 2.30. The van der Waals surface area contributed by atoms with Crippen LogP contribution in [0, 0.1) is 27.7 Å². The zero-order valence-corrected chi connectivity index (χ0v) is 11.4. The largest absolute Gasteiger partial charge is 0.398 e. The molecule has 0 aromatic heterocycles.